The molecule has 5 heteroatoms. The molecule has 0 aliphatic carbocycles. The molecule has 0 fully saturated rings. The lowest BCUT2D eigenvalue weighted by Gasteiger charge is -2.07. The Morgan fingerprint density at radius 1 is 1.13 bits per heavy atom. The average Bonchev–Trinajstić information content (AvgIpc) is 2.07. The molecule has 0 atom stereocenters. The summed E-state index contributed by atoms with van der Waals surface area (Å²) in [7, 11) is 0. The topological polar surface area (TPSA) is 9.23 Å². The number of ether oxygens (including phenoxy) is 1. The molecule has 0 aromatic heterocycles. The van der Waals surface area contributed by atoms with Gasteiger partial charge in [0.05, 0.1) is 6.61 Å². The minimum Gasteiger partial charge on any atom is -0.377 e. The first-order valence-corrected chi connectivity index (χ1v) is 10.4. The Hall–Kier alpha value is 0.787. The van der Waals surface area contributed by atoms with Gasteiger partial charge in [-0.3, -0.25) is 0 Å². The number of hydrogen-bond donors (Lipinski definition) is 0. The second kappa shape index (κ2) is 8.88. The van der Waals surface area contributed by atoms with Crippen molar-refractivity contribution in [1.29, 1.82) is 0 Å². The number of rotatable bonds is 9. The Balaban J connectivity index is 3.09. The first-order chi connectivity index (χ1) is 6.92. The maximum atomic E-state index is 5.77. The van der Waals surface area contributed by atoms with E-state index in [0.717, 1.165) is 43.9 Å². The summed E-state index contributed by atoms with van der Waals surface area (Å²) in [5.41, 5.74) is 1.07. The van der Waals surface area contributed by atoms with Crippen molar-refractivity contribution in [3.05, 3.63) is 12.2 Å². The SMILES string of the molecule is C=C(C)COCCCCCC[Si](Cl)(Cl)Cl. The fourth-order valence-electron chi connectivity index (χ4n) is 1.13. The van der Waals surface area contributed by atoms with Crippen LogP contribution in [0.3, 0.4) is 0 Å². The Bertz CT molecular complexity index is 180. The number of unbranched alkanes of at least 4 members (excludes halogenated alkanes) is 3. The third-order valence-corrected chi connectivity index (χ3v) is 4.47. The van der Waals surface area contributed by atoms with Gasteiger partial charge in [0.2, 0.25) is 0 Å². The second-order valence-corrected chi connectivity index (χ2v) is 13.1. The fourth-order valence-corrected chi connectivity index (χ4v) is 2.98. The summed E-state index contributed by atoms with van der Waals surface area (Å²) in [4.78, 5) is 0. The zero-order valence-corrected chi connectivity index (χ0v) is 12.5. The quantitative estimate of drug-likeness (QED) is 0.256. The van der Waals surface area contributed by atoms with Gasteiger partial charge in [-0.15, -0.1) is 33.2 Å². The third kappa shape index (κ3) is 14.8. The van der Waals surface area contributed by atoms with E-state index in [2.05, 4.69) is 6.58 Å². The zero-order valence-electron chi connectivity index (χ0n) is 9.20. The van der Waals surface area contributed by atoms with E-state index in [1.807, 2.05) is 6.92 Å². The van der Waals surface area contributed by atoms with E-state index >= 15 is 0 Å². The average molecular weight is 290 g/mol. The van der Waals surface area contributed by atoms with Crippen molar-refractivity contribution in [3.63, 3.8) is 0 Å². The highest BCUT2D eigenvalue weighted by atomic mass is 35.8. The van der Waals surface area contributed by atoms with E-state index in [1.54, 1.807) is 0 Å². The lowest BCUT2D eigenvalue weighted by molar-refractivity contribution is 0.151. The number of halogens is 3. The van der Waals surface area contributed by atoms with E-state index in [9.17, 15) is 0 Å². The van der Waals surface area contributed by atoms with Crippen molar-refractivity contribution >= 4 is 39.2 Å². The van der Waals surface area contributed by atoms with Crippen LogP contribution in [0.4, 0.5) is 0 Å². The molecule has 0 saturated heterocycles. The molecule has 1 nitrogen and oxygen atoms in total. The standard InChI is InChI=1S/C10H19Cl3OSi/c1-10(2)9-14-7-5-3-4-6-8-15(11,12)13/h1,3-9H2,2H3. The maximum Gasteiger partial charge on any atom is 0.341 e. The Kier molecular flexibility index (Phi) is 9.35. The van der Waals surface area contributed by atoms with Crippen LogP contribution in [0.15, 0.2) is 12.2 Å². The van der Waals surface area contributed by atoms with Gasteiger partial charge in [0.25, 0.3) is 0 Å². The first kappa shape index (κ1) is 15.8. The summed E-state index contributed by atoms with van der Waals surface area (Å²) in [5.74, 6) is 0. The highest BCUT2D eigenvalue weighted by molar-refractivity contribution is 7.64. The van der Waals surface area contributed by atoms with Crippen molar-refractivity contribution < 1.29 is 4.74 Å². The molecular formula is C10H19Cl3OSi. The van der Waals surface area contributed by atoms with Crippen molar-refractivity contribution in [2.75, 3.05) is 13.2 Å². The van der Waals surface area contributed by atoms with E-state index in [0.29, 0.717) is 6.61 Å². The maximum absolute atomic E-state index is 5.77. The van der Waals surface area contributed by atoms with Crippen molar-refractivity contribution in [1.82, 2.24) is 0 Å². The van der Waals surface area contributed by atoms with Gasteiger partial charge in [-0.25, -0.2) is 0 Å². The molecule has 0 saturated carbocycles. The van der Waals surface area contributed by atoms with Crippen molar-refractivity contribution in [3.8, 4) is 0 Å². The van der Waals surface area contributed by atoms with Gasteiger partial charge in [-0.05, 0) is 19.4 Å². The van der Waals surface area contributed by atoms with Crippen LogP contribution in [-0.4, -0.2) is 19.2 Å². The Morgan fingerprint density at radius 3 is 2.27 bits per heavy atom. The van der Waals surface area contributed by atoms with Gasteiger partial charge >= 0.3 is 6.00 Å². The lowest BCUT2D eigenvalue weighted by atomic mass is 10.2. The molecule has 0 bridgehead atoms. The molecule has 0 spiro atoms. The molecular weight excluding hydrogens is 271 g/mol. The van der Waals surface area contributed by atoms with Crippen LogP contribution in [0.1, 0.15) is 32.6 Å². The highest BCUT2D eigenvalue weighted by Crippen LogP contribution is 2.27. The van der Waals surface area contributed by atoms with E-state index in [4.69, 9.17) is 38.0 Å². The summed E-state index contributed by atoms with van der Waals surface area (Å²) >= 11 is 17.3. The molecule has 0 aromatic carbocycles. The van der Waals surface area contributed by atoms with Crippen LogP contribution in [0.5, 0.6) is 0 Å². The van der Waals surface area contributed by atoms with Gasteiger partial charge in [-0.2, -0.15) is 0 Å². The molecule has 0 aromatic rings. The summed E-state index contributed by atoms with van der Waals surface area (Å²) in [6, 6.07) is -1.61. The molecule has 0 heterocycles. The largest absolute Gasteiger partial charge is 0.377 e. The minimum atomic E-state index is -2.37. The van der Waals surface area contributed by atoms with E-state index < -0.39 is 6.00 Å². The molecule has 0 aliphatic heterocycles. The summed E-state index contributed by atoms with van der Waals surface area (Å²) < 4.78 is 5.37. The third-order valence-electron chi connectivity index (χ3n) is 1.85. The highest BCUT2D eigenvalue weighted by Gasteiger charge is 2.23. The molecule has 0 unspecified atom stereocenters. The molecule has 0 aliphatic rings. The molecule has 0 N–H and O–H groups in total. The minimum absolute atomic E-state index is 0.668. The zero-order chi connectivity index (χ0) is 11.7. The molecule has 90 valence electrons. The smallest absolute Gasteiger partial charge is 0.341 e. The van der Waals surface area contributed by atoms with Gasteiger partial charge in [-0.1, -0.05) is 31.4 Å². The predicted molar refractivity (Wildman–Crippen MR) is 72.2 cm³/mol. The molecule has 0 amide bonds. The van der Waals surface area contributed by atoms with Crippen LogP contribution in [0.2, 0.25) is 6.04 Å². The summed E-state index contributed by atoms with van der Waals surface area (Å²) in [6.07, 6.45) is 4.36. The van der Waals surface area contributed by atoms with Gasteiger partial charge in [0.1, 0.15) is 0 Å². The Morgan fingerprint density at radius 2 is 1.73 bits per heavy atom. The van der Waals surface area contributed by atoms with Crippen LogP contribution in [-0.2, 0) is 4.74 Å². The number of hydrogen-bond acceptors (Lipinski definition) is 1. The van der Waals surface area contributed by atoms with Crippen LogP contribution >= 0.6 is 33.2 Å². The molecule has 0 radical (unpaired) electrons. The van der Waals surface area contributed by atoms with Crippen LogP contribution in [0.25, 0.3) is 0 Å². The Labute approximate surface area is 108 Å². The molecule has 0 rings (SSSR count). The van der Waals surface area contributed by atoms with E-state index in [1.165, 1.54) is 0 Å². The fraction of sp³-hybridized carbons (Fsp3) is 0.800. The van der Waals surface area contributed by atoms with Crippen LogP contribution < -0.4 is 0 Å². The summed E-state index contributed by atoms with van der Waals surface area (Å²) in [5, 5.41) is 0. The normalized spacial score (nSPS) is 11.7. The van der Waals surface area contributed by atoms with E-state index in [-0.39, 0.29) is 0 Å². The van der Waals surface area contributed by atoms with Crippen molar-refractivity contribution in [2.45, 2.75) is 38.7 Å². The monoisotopic (exact) mass is 288 g/mol. The van der Waals surface area contributed by atoms with Crippen molar-refractivity contribution in [2.24, 2.45) is 0 Å². The first-order valence-electron chi connectivity index (χ1n) is 5.20. The van der Waals surface area contributed by atoms with Gasteiger partial charge < -0.3 is 4.74 Å². The predicted octanol–water partition coefficient (Wildman–Crippen LogP) is 4.79. The van der Waals surface area contributed by atoms with Gasteiger partial charge in [0, 0.05) is 6.61 Å². The summed E-state index contributed by atoms with van der Waals surface area (Å²) in [6.45, 7) is 7.20. The lowest BCUT2D eigenvalue weighted by Crippen LogP contribution is -2.07. The molecule has 15 heavy (non-hydrogen) atoms. The van der Waals surface area contributed by atoms with Crippen LogP contribution in [0, 0.1) is 0 Å². The second-order valence-electron chi connectivity index (χ2n) is 3.79. The van der Waals surface area contributed by atoms with Gasteiger partial charge in [0.15, 0.2) is 0 Å².